The minimum atomic E-state index is -0.0657. The maximum atomic E-state index is 12.4. The molecule has 7 heteroatoms. The van der Waals surface area contributed by atoms with Crippen LogP contribution in [0.25, 0.3) is 0 Å². The lowest BCUT2D eigenvalue weighted by atomic mass is 10.2. The molecule has 0 aromatic heterocycles. The van der Waals surface area contributed by atoms with E-state index < -0.39 is 0 Å². The lowest BCUT2D eigenvalue weighted by molar-refractivity contribution is -0.123. The number of rotatable bonds is 9. The van der Waals surface area contributed by atoms with Gasteiger partial charge in [0.2, 0.25) is 11.8 Å². The van der Waals surface area contributed by atoms with Gasteiger partial charge in [0.1, 0.15) is 11.5 Å². The standard InChI is InChI=1S/C23H28N4O3/c1-2-11-24-22(28)17-26-12-14-27(15-13-26)18-23(29)25-19-7-6-10-21(16-19)30-20-8-4-3-5-9-20/h2-10,16H,1,11-15,17-18H2,(H,24,28)(H,25,29). The predicted molar refractivity (Wildman–Crippen MR) is 118 cm³/mol. The topological polar surface area (TPSA) is 73.9 Å². The molecule has 0 saturated carbocycles. The Morgan fingerprint density at radius 1 is 0.900 bits per heavy atom. The summed E-state index contributed by atoms with van der Waals surface area (Å²) in [4.78, 5) is 28.4. The van der Waals surface area contributed by atoms with E-state index in [-0.39, 0.29) is 11.8 Å². The quantitative estimate of drug-likeness (QED) is 0.623. The van der Waals surface area contributed by atoms with Gasteiger partial charge >= 0.3 is 0 Å². The molecule has 1 aliphatic heterocycles. The predicted octanol–water partition coefficient (Wildman–Crippen LogP) is 2.34. The molecule has 1 aliphatic rings. The molecular weight excluding hydrogens is 380 g/mol. The summed E-state index contributed by atoms with van der Waals surface area (Å²) in [5, 5.41) is 5.72. The Morgan fingerprint density at radius 2 is 1.53 bits per heavy atom. The molecule has 0 spiro atoms. The molecule has 7 nitrogen and oxygen atoms in total. The minimum Gasteiger partial charge on any atom is -0.457 e. The van der Waals surface area contributed by atoms with Crippen LogP contribution >= 0.6 is 0 Å². The molecule has 0 unspecified atom stereocenters. The summed E-state index contributed by atoms with van der Waals surface area (Å²) in [6.07, 6.45) is 1.66. The fraction of sp³-hybridized carbons (Fsp3) is 0.304. The van der Waals surface area contributed by atoms with E-state index in [4.69, 9.17) is 4.74 Å². The van der Waals surface area contributed by atoms with Crippen LogP contribution in [0.4, 0.5) is 5.69 Å². The van der Waals surface area contributed by atoms with Crippen molar-refractivity contribution < 1.29 is 14.3 Å². The zero-order valence-corrected chi connectivity index (χ0v) is 17.0. The number of hydrogen-bond donors (Lipinski definition) is 2. The smallest absolute Gasteiger partial charge is 0.238 e. The van der Waals surface area contributed by atoms with Gasteiger partial charge in [-0.25, -0.2) is 0 Å². The van der Waals surface area contributed by atoms with Crippen LogP contribution in [0.1, 0.15) is 0 Å². The number of piperazine rings is 1. The number of amides is 2. The van der Waals surface area contributed by atoms with Gasteiger partial charge in [0.05, 0.1) is 13.1 Å². The molecule has 158 valence electrons. The van der Waals surface area contributed by atoms with Crippen LogP contribution in [-0.4, -0.2) is 67.4 Å². The van der Waals surface area contributed by atoms with Gasteiger partial charge < -0.3 is 15.4 Å². The summed E-state index contributed by atoms with van der Waals surface area (Å²) in [6.45, 7) is 7.79. The monoisotopic (exact) mass is 408 g/mol. The first-order valence-electron chi connectivity index (χ1n) is 10.1. The number of ether oxygens (including phenoxy) is 1. The molecular formula is C23H28N4O3. The van der Waals surface area contributed by atoms with Crippen molar-refractivity contribution in [3.8, 4) is 11.5 Å². The number of para-hydroxylation sites is 1. The van der Waals surface area contributed by atoms with Crippen LogP contribution in [0.2, 0.25) is 0 Å². The van der Waals surface area contributed by atoms with Crippen LogP contribution in [0, 0.1) is 0 Å². The molecule has 30 heavy (non-hydrogen) atoms. The van der Waals surface area contributed by atoms with Gasteiger partial charge in [-0.1, -0.05) is 30.3 Å². The lowest BCUT2D eigenvalue weighted by Crippen LogP contribution is -2.51. The zero-order valence-electron chi connectivity index (χ0n) is 17.0. The van der Waals surface area contributed by atoms with Crippen molar-refractivity contribution in [1.82, 2.24) is 15.1 Å². The van der Waals surface area contributed by atoms with E-state index in [9.17, 15) is 9.59 Å². The van der Waals surface area contributed by atoms with E-state index in [0.717, 1.165) is 31.9 Å². The Balaban J connectivity index is 1.42. The molecule has 2 aromatic carbocycles. The molecule has 1 fully saturated rings. The minimum absolute atomic E-state index is 0.00121. The number of nitrogens with one attached hydrogen (secondary N) is 2. The third-order valence-electron chi connectivity index (χ3n) is 4.74. The maximum absolute atomic E-state index is 12.4. The molecule has 2 aromatic rings. The number of hydrogen-bond acceptors (Lipinski definition) is 5. The van der Waals surface area contributed by atoms with E-state index in [2.05, 4.69) is 27.0 Å². The van der Waals surface area contributed by atoms with Gasteiger partial charge in [-0.3, -0.25) is 19.4 Å². The number of carbonyl (C=O) groups is 2. The summed E-state index contributed by atoms with van der Waals surface area (Å²) >= 11 is 0. The van der Waals surface area contributed by atoms with Crippen molar-refractivity contribution in [3.63, 3.8) is 0 Å². The summed E-state index contributed by atoms with van der Waals surface area (Å²) in [6, 6.07) is 16.9. The first-order chi connectivity index (χ1) is 14.6. The van der Waals surface area contributed by atoms with E-state index in [1.165, 1.54) is 0 Å². The van der Waals surface area contributed by atoms with Crippen LogP contribution in [0.3, 0.4) is 0 Å². The summed E-state index contributed by atoms with van der Waals surface area (Å²) in [5.74, 6) is 1.35. The normalized spacial score (nSPS) is 14.7. The Labute approximate surface area is 177 Å². The van der Waals surface area contributed by atoms with Crippen molar-refractivity contribution in [2.24, 2.45) is 0 Å². The van der Waals surface area contributed by atoms with Crippen LogP contribution in [0.5, 0.6) is 11.5 Å². The first-order valence-corrected chi connectivity index (χ1v) is 10.1. The number of benzene rings is 2. The average molecular weight is 409 g/mol. The highest BCUT2D eigenvalue weighted by Crippen LogP contribution is 2.23. The average Bonchev–Trinajstić information content (AvgIpc) is 2.74. The highest BCUT2D eigenvalue weighted by Gasteiger charge is 2.20. The zero-order chi connectivity index (χ0) is 21.2. The fourth-order valence-electron chi connectivity index (χ4n) is 3.22. The van der Waals surface area contributed by atoms with Gasteiger partial charge in [0.15, 0.2) is 0 Å². The largest absolute Gasteiger partial charge is 0.457 e. The van der Waals surface area contributed by atoms with E-state index in [1.807, 2.05) is 54.6 Å². The maximum Gasteiger partial charge on any atom is 0.238 e. The van der Waals surface area contributed by atoms with Gasteiger partial charge in [0.25, 0.3) is 0 Å². The Morgan fingerprint density at radius 3 is 2.20 bits per heavy atom. The van der Waals surface area contributed by atoms with E-state index in [1.54, 1.807) is 6.08 Å². The molecule has 3 rings (SSSR count). The SMILES string of the molecule is C=CCNC(=O)CN1CCN(CC(=O)Nc2cccc(Oc3ccccc3)c2)CC1. The Bertz CT molecular complexity index is 849. The van der Waals surface area contributed by atoms with Gasteiger partial charge in [-0.2, -0.15) is 0 Å². The second-order valence-electron chi connectivity index (χ2n) is 7.14. The summed E-state index contributed by atoms with van der Waals surface area (Å²) < 4.78 is 5.81. The van der Waals surface area contributed by atoms with Crippen LogP contribution < -0.4 is 15.4 Å². The molecule has 0 bridgehead atoms. The third kappa shape index (κ3) is 7.02. The summed E-state index contributed by atoms with van der Waals surface area (Å²) in [7, 11) is 0. The van der Waals surface area contributed by atoms with Crippen LogP contribution in [0.15, 0.2) is 67.3 Å². The molecule has 2 N–H and O–H groups in total. The van der Waals surface area contributed by atoms with Crippen molar-refractivity contribution in [2.45, 2.75) is 0 Å². The van der Waals surface area contributed by atoms with E-state index in [0.29, 0.717) is 31.1 Å². The van der Waals surface area contributed by atoms with Gasteiger partial charge in [0, 0.05) is 44.5 Å². The first kappa shape index (κ1) is 21.5. The van der Waals surface area contributed by atoms with Gasteiger partial charge in [-0.15, -0.1) is 6.58 Å². The van der Waals surface area contributed by atoms with E-state index >= 15 is 0 Å². The lowest BCUT2D eigenvalue weighted by Gasteiger charge is -2.33. The highest BCUT2D eigenvalue weighted by molar-refractivity contribution is 5.92. The van der Waals surface area contributed by atoms with Crippen molar-refractivity contribution >= 4 is 17.5 Å². The second kappa shape index (κ2) is 11.1. The Kier molecular flexibility index (Phi) is 8.00. The number of carbonyl (C=O) groups excluding carboxylic acids is 2. The number of anilines is 1. The molecule has 1 heterocycles. The van der Waals surface area contributed by atoms with Crippen LogP contribution in [-0.2, 0) is 9.59 Å². The molecule has 1 saturated heterocycles. The van der Waals surface area contributed by atoms with Crippen molar-refractivity contribution in [3.05, 3.63) is 67.3 Å². The second-order valence-corrected chi connectivity index (χ2v) is 7.14. The molecule has 2 amide bonds. The van der Waals surface area contributed by atoms with Gasteiger partial charge in [-0.05, 0) is 24.3 Å². The Hall–Kier alpha value is -3.16. The van der Waals surface area contributed by atoms with Crippen molar-refractivity contribution in [1.29, 1.82) is 0 Å². The summed E-state index contributed by atoms with van der Waals surface area (Å²) in [5.41, 5.74) is 0.700. The highest BCUT2D eigenvalue weighted by atomic mass is 16.5. The third-order valence-corrected chi connectivity index (χ3v) is 4.74. The molecule has 0 aliphatic carbocycles. The molecule has 0 radical (unpaired) electrons. The fourth-order valence-corrected chi connectivity index (χ4v) is 3.22. The number of nitrogens with zero attached hydrogens (tertiary/aromatic N) is 2. The van der Waals surface area contributed by atoms with Crippen molar-refractivity contribution in [2.75, 3.05) is 51.1 Å². The molecule has 0 atom stereocenters.